The summed E-state index contributed by atoms with van der Waals surface area (Å²) in [4.78, 5) is 17.2. The Morgan fingerprint density at radius 3 is 2.00 bits per heavy atom. The fraction of sp³-hybridized carbons (Fsp3) is 0.417. The summed E-state index contributed by atoms with van der Waals surface area (Å²) in [6, 6.07) is 13.0. The third-order valence-electron chi connectivity index (χ3n) is 6.18. The maximum Gasteiger partial charge on any atom is 0.188 e. The fourth-order valence-corrected chi connectivity index (χ4v) is 6.66. The topological polar surface area (TPSA) is 44.7 Å². The number of anilines is 2. The van der Waals surface area contributed by atoms with Crippen molar-refractivity contribution < 1.29 is 4.74 Å². The highest BCUT2D eigenvalue weighted by atomic mass is 32.1. The number of thiazole rings is 2. The third kappa shape index (κ3) is 3.96. The van der Waals surface area contributed by atoms with Gasteiger partial charge in [0, 0.05) is 13.2 Å². The standard InChI is InChI=1S/C24H27N5OS2/c1-16-5-7-19-21(10-16)31-23(25-19)28-13-27(12-18-4-3-9-30-18)14-29(15-28)24-26-20-8-6-17(2)11-22(20)32-24/h5-8,10-11,18H,3-4,9,12-15H2,1-2H3. The Balaban J connectivity index is 1.32. The molecule has 0 saturated carbocycles. The monoisotopic (exact) mass is 465 g/mol. The molecule has 2 aromatic carbocycles. The van der Waals surface area contributed by atoms with Crippen LogP contribution in [0.2, 0.25) is 0 Å². The number of ether oxygens (including phenoxy) is 1. The largest absolute Gasteiger partial charge is 0.377 e. The third-order valence-corrected chi connectivity index (χ3v) is 8.33. The van der Waals surface area contributed by atoms with Crippen LogP contribution in [0, 0.1) is 13.8 Å². The summed E-state index contributed by atoms with van der Waals surface area (Å²) >= 11 is 3.56. The van der Waals surface area contributed by atoms with E-state index in [-0.39, 0.29) is 0 Å². The van der Waals surface area contributed by atoms with E-state index in [1.165, 1.54) is 26.9 Å². The fourth-order valence-electron chi connectivity index (χ4n) is 4.57. The van der Waals surface area contributed by atoms with Crippen LogP contribution in [0.1, 0.15) is 24.0 Å². The number of rotatable bonds is 4. The molecule has 2 aromatic heterocycles. The van der Waals surface area contributed by atoms with E-state index >= 15 is 0 Å². The van der Waals surface area contributed by atoms with Gasteiger partial charge < -0.3 is 14.5 Å². The lowest BCUT2D eigenvalue weighted by Crippen LogP contribution is -2.56. The van der Waals surface area contributed by atoms with Crippen molar-refractivity contribution in [2.24, 2.45) is 0 Å². The predicted molar refractivity (Wildman–Crippen MR) is 134 cm³/mol. The molecule has 6 rings (SSSR count). The van der Waals surface area contributed by atoms with Crippen molar-refractivity contribution in [1.82, 2.24) is 14.9 Å². The zero-order valence-corrected chi connectivity index (χ0v) is 20.1. The lowest BCUT2D eigenvalue weighted by Gasteiger charge is -2.42. The molecule has 0 N–H and O–H groups in total. The lowest BCUT2D eigenvalue weighted by atomic mass is 10.2. The van der Waals surface area contributed by atoms with Gasteiger partial charge in [0.25, 0.3) is 0 Å². The molecular formula is C24H27N5OS2. The molecule has 4 aromatic rings. The van der Waals surface area contributed by atoms with Gasteiger partial charge in [0.05, 0.1) is 46.5 Å². The molecule has 0 spiro atoms. The van der Waals surface area contributed by atoms with Crippen LogP contribution in [0.25, 0.3) is 20.4 Å². The number of benzene rings is 2. The van der Waals surface area contributed by atoms with Crippen molar-refractivity contribution in [1.29, 1.82) is 0 Å². The molecule has 8 heteroatoms. The first kappa shape index (κ1) is 20.4. The maximum absolute atomic E-state index is 5.96. The van der Waals surface area contributed by atoms with Crippen molar-refractivity contribution in [2.75, 3.05) is 43.0 Å². The number of hydrogen-bond acceptors (Lipinski definition) is 8. The van der Waals surface area contributed by atoms with Crippen molar-refractivity contribution in [3.05, 3.63) is 47.5 Å². The number of fused-ring (bicyclic) bond motifs is 2. The van der Waals surface area contributed by atoms with Crippen LogP contribution in [0.4, 0.5) is 10.3 Å². The van der Waals surface area contributed by atoms with Gasteiger partial charge >= 0.3 is 0 Å². The van der Waals surface area contributed by atoms with Crippen molar-refractivity contribution >= 4 is 53.4 Å². The number of aryl methyl sites for hydroxylation is 2. The average Bonchev–Trinajstić information content (AvgIpc) is 3.52. The van der Waals surface area contributed by atoms with Crippen LogP contribution in [0.3, 0.4) is 0 Å². The van der Waals surface area contributed by atoms with E-state index in [4.69, 9.17) is 14.7 Å². The quantitative estimate of drug-likeness (QED) is 0.413. The first-order valence-electron chi connectivity index (χ1n) is 11.2. The smallest absolute Gasteiger partial charge is 0.188 e. The number of aromatic nitrogens is 2. The van der Waals surface area contributed by atoms with E-state index in [0.717, 1.165) is 60.9 Å². The SMILES string of the molecule is Cc1ccc2nc(N3CN(CC4CCCO4)CN(c4nc5ccc(C)cc5s4)C3)sc2c1. The van der Waals surface area contributed by atoms with Crippen LogP contribution in [0.5, 0.6) is 0 Å². The molecule has 1 unspecified atom stereocenters. The normalized spacial score (nSPS) is 20.1. The molecule has 2 fully saturated rings. The Morgan fingerprint density at radius 1 is 0.875 bits per heavy atom. The first-order valence-corrected chi connectivity index (χ1v) is 12.8. The molecule has 2 aliphatic rings. The molecule has 166 valence electrons. The Morgan fingerprint density at radius 2 is 1.47 bits per heavy atom. The van der Waals surface area contributed by atoms with Gasteiger partial charge in [-0.1, -0.05) is 34.8 Å². The molecule has 32 heavy (non-hydrogen) atoms. The maximum atomic E-state index is 5.96. The molecule has 0 radical (unpaired) electrons. The summed E-state index contributed by atoms with van der Waals surface area (Å²) in [5.74, 6) is 0. The molecule has 1 atom stereocenters. The van der Waals surface area contributed by atoms with E-state index in [9.17, 15) is 0 Å². The van der Waals surface area contributed by atoms with Gasteiger partial charge in [0.2, 0.25) is 0 Å². The molecule has 2 aliphatic heterocycles. The van der Waals surface area contributed by atoms with E-state index < -0.39 is 0 Å². The molecule has 0 aliphatic carbocycles. The summed E-state index contributed by atoms with van der Waals surface area (Å²) in [7, 11) is 0. The predicted octanol–water partition coefficient (Wildman–Crippen LogP) is 5.20. The van der Waals surface area contributed by atoms with Gasteiger partial charge in [0.1, 0.15) is 0 Å². The number of nitrogens with zero attached hydrogens (tertiary/aromatic N) is 5. The minimum Gasteiger partial charge on any atom is -0.377 e. The van der Waals surface area contributed by atoms with Crippen LogP contribution in [-0.4, -0.2) is 54.1 Å². The minimum atomic E-state index is 0.327. The Bertz CT molecular complexity index is 1170. The highest BCUT2D eigenvalue weighted by Gasteiger charge is 2.30. The summed E-state index contributed by atoms with van der Waals surface area (Å²) < 4.78 is 8.45. The highest BCUT2D eigenvalue weighted by molar-refractivity contribution is 7.22. The van der Waals surface area contributed by atoms with E-state index in [0.29, 0.717) is 6.10 Å². The summed E-state index contributed by atoms with van der Waals surface area (Å²) in [6.45, 7) is 8.62. The second-order valence-corrected chi connectivity index (χ2v) is 10.9. The van der Waals surface area contributed by atoms with Crippen LogP contribution < -0.4 is 9.80 Å². The molecular weight excluding hydrogens is 438 g/mol. The Kier molecular flexibility index (Phi) is 5.25. The zero-order valence-electron chi connectivity index (χ0n) is 18.5. The van der Waals surface area contributed by atoms with Gasteiger partial charge in [-0.05, 0) is 62.1 Å². The van der Waals surface area contributed by atoms with Gasteiger partial charge in [-0.2, -0.15) is 0 Å². The van der Waals surface area contributed by atoms with Gasteiger partial charge in [-0.15, -0.1) is 0 Å². The number of hydrogen-bond donors (Lipinski definition) is 0. The lowest BCUT2D eigenvalue weighted by molar-refractivity contribution is 0.0689. The van der Waals surface area contributed by atoms with Gasteiger partial charge in [-0.25, -0.2) is 9.97 Å². The first-order chi connectivity index (χ1) is 15.6. The van der Waals surface area contributed by atoms with Gasteiger partial charge in [-0.3, -0.25) is 4.90 Å². The molecule has 2 saturated heterocycles. The van der Waals surface area contributed by atoms with Gasteiger partial charge in [0.15, 0.2) is 10.3 Å². The van der Waals surface area contributed by atoms with E-state index in [1.807, 2.05) is 0 Å². The molecule has 6 nitrogen and oxygen atoms in total. The van der Waals surface area contributed by atoms with Crippen LogP contribution in [0.15, 0.2) is 36.4 Å². The van der Waals surface area contributed by atoms with Crippen molar-refractivity contribution in [2.45, 2.75) is 32.8 Å². The molecule has 0 bridgehead atoms. The second kappa shape index (κ2) is 8.26. The molecule has 4 heterocycles. The minimum absolute atomic E-state index is 0.327. The molecule has 0 amide bonds. The van der Waals surface area contributed by atoms with Crippen LogP contribution >= 0.6 is 22.7 Å². The van der Waals surface area contributed by atoms with E-state index in [2.05, 4.69) is 64.9 Å². The zero-order chi connectivity index (χ0) is 21.7. The summed E-state index contributed by atoms with van der Waals surface area (Å²) in [5, 5.41) is 2.15. The van der Waals surface area contributed by atoms with Crippen molar-refractivity contribution in [3.8, 4) is 0 Å². The van der Waals surface area contributed by atoms with Crippen molar-refractivity contribution in [3.63, 3.8) is 0 Å². The Hall–Kier alpha value is -2.26. The Labute approximate surface area is 196 Å². The van der Waals surface area contributed by atoms with Crippen LogP contribution in [-0.2, 0) is 4.74 Å². The second-order valence-electron chi connectivity index (χ2n) is 8.93. The van der Waals surface area contributed by atoms with E-state index in [1.54, 1.807) is 22.7 Å². The summed E-state index contributed by atoms with van der Waals surface area (Å²) in [6.07, 6.45) is 2.64. The highest BCUT2D eigenvalue weighted by Crippen LogP contribution is 2.34. The average molecular weight is 466 g/mol. The summed E-state index contributed by atoms with van der Waals surface area (Å²) in [5.41, 5.74) is 4.71.